The fraction of sp³-hybridized carbons (Fsp3) is 0.385. The van der Waals surface area contributed by atoms with Gasteiger partial charge in [-0.3, -0.25) is 9.59 Å². The Bertz CT molecular complexity index is 1110. The van der Waals surface area contributed by atoms with Crippen molar-refractivity contribution in [3.63, 3.8) is 0 Å². The second kappa shape index (κ2) is 8.81. The number of piperazine rings is 1. The number of carbonyl (C=O) groups excluding carboxylic acids is 2. The van der Waals surface area contributed by atoms with E-state index in [-0.39, 0.29) is 17.7 Å². The van der Waals surface area contributed by atoms with Crippen LogP contribution in [0.5, 0.6) is 0 Å². The van der Waals surface area contributed by atoms with E-state index in [0.29, 0.717) is 18.9 Å². The normalized spacial score (nSPS) is 20.9. The molecule has 0 unspecified atom stereocenters. The predicted octanol–water partition coefficient (Wildman–Crippen LogP) is 2.92. The highest BCUT2D eigenvalue weighted by atomic mass is 16.2. The van der Waals surface area contributed by atoms with E-state index in [1.165, 1.54) is 11.1 Å². The molecule has 1 aliphatic heterocycles. The van der Waals surface area contributed by atoms with Gasteiger partial charge in [-0.05, 0) is 59.9 Å². The van der Waals surface area contributed by atoms with E-state index in [0.717, 1.165) is 24.1 Å². The lowest BCUT2D eigenvalue weighted by Gasteiger charge is -2.41. The van der Waals surface area contributed by atoms with Crippen molar-refractivity contribution in [3.8, 4) is 5.69 Å². The van der Waals surface area contributed by atoms with Gasteiger partial charge in [-0.15, -0.1) is 0 Å². The number of hydrogen-bond acceptors (Lipinski definition) is 4. The van der Waals surface area contributed by atoms with E-state index in [4.69, 9.17) is 0 Å². The maximum absolute atomic E-state index is 13.7. The number of aromatic nitrogens is 3. The lowest BCUT2D eigenvalue weighted by molar-refractivity contribution is -0.152. The average molecular weight is 444 g/mol. The fourth-order valence-corrected chi connectivity index (χ4v) is 5.08. The summed E-state index contributed by atoms with van der Waals surface area (Å²) in [6.07, 6.45) is 5.56. The number of hydrogen-bond donors (Lipinski definition) is 1. The largest absolute Gasteiger partial charge is 0.342 e. The smallest absolute Gasteiger partial charge is 0.246 e. The third-order valence-electron chi connectivity index (χ3n) is 6.71. The molecular weight excluding hydrogens is 414 g/mol. The number of nitrogens with zero attached hydrogens (tertiary/aromatic N) is 4. The van der Waals surface area contributed by atoms with E-state index < -0.39 is 12.1 Å². The molecule has 1 saturated heterocycles. The molecule has 0 bridgehead atoms. The zero-order chi connectivity index (χ0) is 22.9. The van der Waals surface area contributed by atoms with Crippen molar-refractivity contribution in [2.45, 2.75) is 51.7 Å². The summed E-state index contributed by atoms with van der Waals surface area (Å²) in [4.78, 5) is 30.3. The summed E-state index contributed by atoms with van der Waals surface area (Å²) in [5, 5.41) is 11.4. The molecular formula is C26H29N5O2. The Balaban J connectivity index is 1.38. The standard InChI is InChI=1S/C26H29N5O2/c1-17(2)13-23-25(32)29-24(21-14-19-5-3-4-6-20(19)15-21)26(33)30(23)16-18-7-9-22(10-8-18)31-27-11-12-28-31/h3-12,17,21,23-24H,13-16H2,1-2H3,(H,29,32)/t23-,24-/m1/s1. The molecule has 0 radical (unpaired) electrons. The summed E-state index contributed by atoms with van der Waals surface area (Å²) < 4.78 is 0. The molecule has 7 nitrogen and oxygen atoms in total. The van der Waals surface area contributed by atoms with Crippen molar-refractivity contribution in [2.75, 3.05) is 0 Å². The first kappa shape index (κ1) is 21.4. The SMILES string of the molecule is CC(C)C[C@@H]1C(=O)N[C@H](C2Cc3ccccc3C2)C(=O)N1Cc1ccc(-n2nccn2)cc1. The van der Waals surface area contributed by atoms with Crippen LogP contribution in [0.3, 0.4) is 0 Å². The molecule has 1 fully saturated rings. The van der Waals surface area contributed by atoms with Crippen molar-refractivity contribution in [1.29, 1.82) is 0 Å². The first-order chi connectivity index (χ1) is 16.0. The van der Waals surface area contributed by atoms with Crippen LogP contribution in [-0.2, 0) is 29.0 Å². The van der Waals surface area contributed by atoms with E-state index in [1.807, 2.05) is 36.4 Å². The molecule has 170 valence electrons. The summed E-state index contributed by atoms with van der Waals surface area (Å²) in [6, 6.07) is 15.2. The Morgan fingerprint density at radius 2 is 1.61 bits per heavy atom. The van der Waals surface area contributed by atoms with Gasteiger partial charge in [-0.25, -0.2) is 0 Å². The molecule has 3 aromatic rings. The molecule has 5 rings (SSSR count). The molecule has 2 heterocycles. The van der Waals surface area contributed by atoms with Crippen molar-refractivity contribution in [1.82, 2.24) is 25.2 Å². The summed E-state index contributed by atoms with van der Waals surface area (Å²) in [5.74, 6) is 0.378. The van der Waals surface area contributed by atoms with Crippen LogP contribution in [0.4, 0.5) is 0 Å². The molecule has 2 amide bonds. The second-order valence-electron chi connectivity index (χ2n) is 9.52. The predicted molar refractivity (Wildman–Crippen MR) is 124 cm³/mol. The maximum atomic E-state index is 13.7. The van der Waals surface area contributed by atoms with Gasteiger partial charge in [0.1, 0.15) is 12.1 Å². The minimum atomic E-state index is -0.485. The number of rotatable bonds is 6. The van der Waals surface area contributed by atoms with Crippen molar-refractivity contribution in [2.24, 2.45) is 11.8 Å². The number of benzene rings is 2. The van der Waals surface area contributed by atoms with E-state index in [1.54, 1.807) is 22.1 Å². The molecule has 2 aliphatic rings. The number of fused-ring (bicyclic) bond motifs is 1. The number of nitrogens with one attached hydrogen (secondary N) is 1. The molecule has 0 spiro atoms. The Kier molecular flexibility index (Phi) is 5.70. The highest BCUT2D eigenvalue weighted by molar-refractivity contribution is 5.97. The lowest BCUT2D eigenvalue weighted by atomic mass is 9.90. The van der Waals surface area contributed by atoms with Gasteiger partial charge in [-0.2, -0.15) is 15.0 Å². The first-order valence-corrected chi connectivity index (χ1v) is 11.6. The van der Waals surface area contributed by atoms with Crippen LogP contribution in [0.25, 0.3) is 5.69 Å². The van der Waals surface area contributed by atoms with Crippen LogP contribution in [0.1, 0.15) is 37.0 Å². The van der Waals surface area contributed by atoms with Crippen LogP contribution < -0.4 is 5.32 Å². The third kappa shape index (κ3) is 4.27. The molecule has 1 aromatic heterocycles. The van der Waals surface area contributed by atoms with E-state index in [9.17, 15) is 9.59 Å². The molecule has 2 atom stereocenters. The quantitative estimate of drug-likeness (QED) is 0.635. The molecule has 33 heavy (non-hydrogen) atoms. The first-order valence-electron chi connectivity index (χ1n) is 11.6. The van der Waals surface area contributed by atoms with Crippen LogP contribution in [0.15, 0.2) is 60.9 Å². The van der Waals surface area contributed by atoms with Gasteiger partial charge >= 0.3 is 0 Å². The Morgan fingerprint density at radius 1 is 0.970 bits per heavy atom. The highest BCUT2D eigenvalue weighted by Gasteiger charge is 2.45. The van der Waals surface area contributed by atoms with Gasteiger partial charge in [0, 0.05) is 6.54 Å². The summed E-state index contributed by atoms with van der Waals surface area (Å²) in [6.45, 7) is 4.58. The Morgan fingerprint density at radius 3 is 2.21 bits per heavy atom. The molecule has 1 aliphatic carbocycles. The van der Waals surface area contributed by atoms with Crippen molar-refractivity contribution in [3.05, 3.63) is 77.6 Å². The Labute approximate surface area is 193 Å². The Hall–Kier alpha value is -3.48. The fourth-order valence-electron chi connectivity index (χ4n) is 5.08. The zero-order valence-corrected chi connectivity index (χ0v) is 19.0. The van der Waals surface area contributed by atoms with Gasteiger partial charge in [0.25, 0.3) is 0 Å². The molecule has 2 aromatic carbocycles. The third-order valence-corrected chi connectivity index (χ3v) is 6.71. The molecule has 1 N–H and O–H groups in total. The van der Waals surface area contributed by atoms with E-state index >= 15 is 0 Å². The van der Waals surface area contributed by atoms with Gasteiger partial charge in [0.05, 0.1) is 18.1 Å². The highest BCUT2D eigenvalue weighted by Crippen LogP contribution is 2.32. The van der Waals surface area contributed by atoms with Crippen LogP contribution in [0, 0.1) is 11.8 Å². The van der Waals surface area contributed by atoms with Gasteiger partial charge in [0.15, 0.2) is 0 Å². The average Bonchev–Trinajstić information content (AvgIpc) is 3.48. The topological polar surface area (TPSA) is 80.1 Å². The van der Waals surface area contributed by atoms with Gasteiger partial charge in [-0.1, -0.05) is 50.2 Å². The maximum Gasteiger partial charge on any atom is 0.246 e. The summed E-state index contributed by atoms with van der Waals surface area (Å²) in [5.41, 5.74) is 4.40. The minimum Gasteiger partial charge on any atom is -0.342 e. The lowest BCUT2D eigenvalue weighted by Crippen LogP contribution is -2.65. The zero-order valence-electron chi connectivity index (χ0n) is 19.0. The summed E-state index contributed by atoms with van der Waals surface area (Å²) in [7, 11) is 0. The van der Waals surface area contributed by atoms with Crippen LogP contribution >= 0.6 is 0 Å². The molecule has 7 heteroatoms. The number of carbonyl (C=O) groups is 2. The van der Waals surface area contributed by atoms with E-state index in [2.05, 4.69) is 41.5 Å². The molecule has 0 saturated carbocycles. The second-order valence-corrected chi connectivity index (χ2v) is 9.52. The van der Waals surface area contributed by atoms with Gasteiger partial charge < -0.3 is 10.2 Å². The summed E-state index contributed by atoms with van der Waals surface area (Å²) >= 11 is 0. The van der Waals surface area contributed by atoms with Crippen LogP contribution in [0.2, 0.25) is 0 Å². The minimum absolute atomic E-state index is 0.0240. The van der Waals surface area contributed by atoms with Gasteiger partial charge in [0.2, 0.25) is 11.8 Å². The monoisotopic (exact) mass is 443 g/mol. The van der Waals surface area contributed by atoms with Crippen LogP contribution in [-0.4, -0.2) is 43.8 Å². The number of amides is 2. The van der Waals surface area contributed by atoms with Crippen molar-refractivity contribution < 1.29 is 9.59 Å². The van der Waals surface area contributed by atoms with Crippen molar-refractivity contribution >= 4 is 11.8 Å².